The van der Waals surface area contributed by atoms with Crippen molar-refractivity contribution in [2.75, 3.05) is 0 Å². The SMILES string of the molecule is CC(=O)c1cc2ccc3c(Br)c(C4(O)CCCCC4)[se]c3c2oc1=O. The minimum absolute atomic E-state index is 0.0797. The van der Waals surface area contributed by atoms with Crippen LogP contribution in [0.3, 0.4) is 0 Å². The number of Topliss-reactive ketones (excluding diaryl/α,β-unsaturated/α-hetero) is 1. The molecule has 1 aliphatic carbocycles. The van der Waals surface area contributed by atoms with Crippen molar-refractivity contribution in [2.45, 2.75) is 44.6 Å². The molecule has 0 atom stereocenters. The van der Waals surface area contributed by atoms with Crippen molar-refractivity contribution in [3.8, 4) is 0 Å². The van der Waals surface area contributed by atoms with E-state index in [-0.39, 0.29) is 25.9 Å². The molecule has 0 radical (unpaired) electrons. The van der Waals surface area contributed by atoms with Crippen LogP contribution in [0.4, 0.5) is 0 Å². The van der Waals surface area contributed by atoms with E-state index in [1.165, 1.54) is 13.3 Å². The summed E-state index contributed by atoms with van der Waals surface area (Å²) in [6.45, 7) is 1.37. The zero-order chi connectivity index (χ0) is 17.8. The van der Waals surface area contributed by atoms with Crippen LogP contribution in [0.1, 0.15) is 53.8 Å². The van der Waals surface area contributed by atoms with Crippen LogP contribution in [-0.2, 0) is 5.60 Å². The van der Waals surface area contributed by atoms with Gasteiger partial charge in [0.25, 0.3) is 0 Å². The molecule has 2 heterocycles. The van der Waals surface area contributed by atoms with Crippen LogP contribution in [-0.4, -0.2) is 25.4 Å². The fraction of sp³-hybridized carbons (Fsp3) is 0.368. The molecule has 4 rings (SSSR count). The van der Waals surface area contributed by atoms with E-state index in [9.17, 15) is 14.7 Å². The Morgan fingerprint density at radius 2 is 2.00 bits per heavy atom. The average molecular weight is 468 g/mol. The van der Waals surface area contributed by atoms with Crippen LogP contribution in [0.25, 0.3) is 20.6 Å². The number of aliphatic hydroxyl groups is 1. The summed E-state index contributed by atoms with van der Waals surface area (Å²) in [5.41, 5.74) is -0.734. The Balaban J connectivity index is 1.99. The van der Waals surface area contributed by atoms with Gasteiger partial charge in [-0.2, -0.15) is 0 Å². The van der Waals surface area contributed by atoms with Gasteiger partial charge in [-0.05, 0) is 0 Å². The molecule has 4 nitrogen and oxygen atoms in total. The van der Waals surface area contributed by atoms with Gasteiger partial charge in [0, 0.05) is 0 Å². The van der Waals surface area contributed by atoms with Gasteiger partial charge in [-0.3, -0.25) is 0 Å². The molecule has 0 unspecified atom stereocenters. The Hall–Kier alpha value is -1.20. The van der Waals surface area contributed by atoms with E-state index in [1.54, 1.807) is 6.07 Å². The first-order valence-electron chi connectivity index (χ1n) is 8.33. The third-order valence-corrected chi connectivity index (χ3v) is 9.33. The summed E-state index contributed by atoms with van der Waals surface area (Å²) in [5, 5.41) is 12.9. The quantitative estimate of drug-likeness (QED) is 0.349. The molecule has 1 aliphatic rings. The van der Waals surface area contributed by atoms with Crippen molar-refractivity contribution in [3.05, 3.63) is 43.1 Å². The first-order chi connectivity index (χ1) is 11.9. The fourth-order valence-corrected chi connectivity index (χ4v) is 7.82. The molecule has 1 aromatic carbocycles. The topological polar surface area (TPSA) is 67.5 Å². The second kappa shape index (κ2) is 6.20. The molecular formula is C19H17BrO4Se. The number of carbonyl (C=O) groups is 1. The monoisotopic (exact) mass is 468 g/mol. The van der Waals surface area contributed by atoms with Crippen molar-refractivity contribution in [1.29, 1.82) is 0 Å². The third kappa shape index (κ3) is 2.76. The molecule has 3 aromatic rings. The summed E-state index contributed by atoms with van der Waals surface area (Å²) in [5.74, 6) is -0.293. The summed E-state index contributed by atoms with van der Waals surface area (Å²) in [7, 11) is 0. The maximum atomic E-state index is 12.1. The van der Waals surface area contributed by atoms with Gasteiger partial charge in [0.1, 0.15) is 0 Å². The van der Waals surface area contributed by atoms with Crippen molar-refractivity contribution in [3.63, 3.8) is 0 Å². The van der Waals surface area contributed by atoms with Gasteiger partial charge in [0.15, 0.2) is 0 Å². The zero-order valence-corrected chi connectivity index (χ0v) is 17.0. The Bertz CT molecular complexity index is 1060. The molecule has 25 heavy (non-hydrogen) atoms. The van der Waals surface area contributed by atoms with Crippen LogP contribution < -0.4 is 5.63 Å². The van der Waals surface area contributed by atoms with Gasteiger partial charge < -0.3 is 0 Å². The fourth-order valence-electron chi connectivity index (χ4n) is 3.61. The number of hydrogen-bond acceptors (Lipinski definition) is 4. The normalized spacial score (nSPS) is 17.2. The first-order valence-corrected chi connectivity index (χ1v) is 10.8. The molecule has 1 saturated carbocycles. The van der Waals surface area contributed by atoms with Crippen LogP contribution in [0.2, 0.25) is 0 Å². The number of fused-ring (bicyclic) bond motifs is 3. The second-order valence-electron chi connectivity index (χ2n) is 6.70. The van der Waals surface area contributed by atoms with Crippen LogP contribution in [0, 0.1) is 0 Å². The van der Waals surface area contributed by atoms with Gasteiger partial charge in [0.2, 0.25) is 0 Å². The molecule has 130 valence electrons. The maximum absolute atomic E-state index is 12.1. The molecule has 6 heteroatoms. The summed E-state index contributed by atoms with van der Waals surface area (Å²) < 4.78 is 8.47. The van der Waals surface area contributed by atoms with Crippen LogP contribution in [0.5, 0.6) is 0 Å². The predicted octanol–water partition coefficient (Wildman–Crippen LogP) is 4.12. The number of hydrogen-bond donors (Lipinski definition) is 1. The number of halogens is 1. The molecule has 1 fully saturated rings. The van der Waals surface area contributed by atoms with Gasteiger partial charge in [0.05, 0.1) is 0 Å². The third-order valence-electron chi connectivity index (χ3n) is 4.98. The Morgan fingerprint density at radius 1 is 1.28 bits per heavy atom. The van der Waals surface area contributed by atoms with Crippen molar-refractivity contribution >= 4 is 56.8 Å². The average Bonchev–Trinajstić information content (AvgIpc) is 2.93. The van der Waals surface area contributed by atoms with Crippen molar-refractivity contribution < 1.29 is 14.3 Å². The summed E-state index contributed by atoms with van der Waals surface area (Å²) >= 11 is 3.56. The van der Waals surface area contributed by atoms with Gasteiger partial charge in [-0.25, -0.2) is 0 Å². The second-order valence-corrected chi connectivity index (χ2v) is 9.64. The van der Waals surface area contributed by atoms with E-state index >= 15 is 0 Å². The molecule has 0 saturated heterocycles. The van der Waals surface area contributed by atoms with E-state index in [0.29, 0.717) is 5.58 Å². The number of carbonyl (C=O) groups excluding carboxylic acids is 1. The molecular weight excluding hydrogens is 451 g/mol. The van der Waals surface area contributed by atoms with E-state index < -0.39 is 11.2 Å². The standard InChI is InChI=1S/C19H17BrO4Se/c1-10(21)13-9-11-5-6-12-14(20)17(19(23)7-3-2-4-8-19)25-16(12)15(11)24-18(13)22/h5-6,9,23H,2-4,7-8H2,1H3. The minimum atomic E-state index is -0.762. The molecule has 2 aromatic heterocycles. The predicted molar refractivity (Wildman–Crippen MR) is 102 cm³/mol. The summed E-state index contributed by atoms with van der Waals surface area (Å²) in [6, 6.07) is 5.46. The van der Waals surface area contributed by atoms with Crippen LogP contribution >= 0.6 is 15.9 Å². The Kier molecular flexibility index (Phi) is 4.27. The number of ketones is 1. The first kappa shape index (κ1) is 17.2. The van der Waals surface area contributed by atoms with Gasteiger partial charge >= 0.3 is 159 Å². The molecule has 1 N–H and O–H groups in total. The number of rotatable bonds is 2. The molecule has 0 aliphatic heterocycles. The number of benzene rings is 1. The van der Waals surface area contributed by atoms with Crippen LogP contribution in [0.15, 0.2) is 31.9 Å². The summed E-state index contributed by atoms with van der Waals surface area (Å²) in [4.78, 5) is 23.7. The molecule has 0 amide bonds. The van der Waals surface area contributed by atoms with E-state index in [4.69, 9.17) is 4.42 Å². The Labute approximate surface area is 158 Å². The van der Waals surface area contributed by atoms with E-state index in [2.05, 4.69) is 15.9 Å². The molecule has 0 spiro atoms. The Morgan fingerprint density at radius 3 is 2.68 bits per heavy atom. The summed E-state index contributed by atoms with van der Waals surface area (Å²) in [6.07, 6.45) is 4.79. The van der Waals surface area contributed by atoms with E-state index in [0.717, 1.165) is 49.6 Å². The van der Waals surface area contributed by atoms with Gasteiger partial charge in [-0.1, -0.05) is 0 Å². The van der Waals surface area contributed by atoms with Gasteiger partial charge in [-0.15, -0.1) is 0 Å². The van der Waals surface area contributed by atoms with E-state index in [1.807, 2.05) is 12.1 Å². The van der Waals surface area contributed by atoms with Crippen molar-refractivity contribution in [1.82, 2.24) is 0 Å². The molecule has 0 bridgehead atoms. The van der Waals surface area contributed by atoms with Crippen molar-refractivity contribution in [2.24, 2.45) is 0 Å². The zero-order valence-electron chi connectivity index (χ0n) is 13.7.